The van der Waals surface area contributed by atoms with Crippen LogP contribution < -0.4 is 4.72 Å². The van der Waals surface area contributed by atoms with Crippen LogP contribution in [0.5, 0.6) is 0 Å². The van der Waals surface area contributed by atoms with Crippen LogP contribution in [0.3, 0.4) is 0 Å². The Morgan fingerprint density at radius 1 is 1.04 bits per heavy atom. The zero-order chi connectivity index (χ0) is 19.2. The van der Waals surface area contributed by atoms with E-state index in [1.165, 1.54) is 17.0 Å². The lowest BCUT2D eigenvalue weighted by atomic mass is 10.1. The Balaban J connectivity index is 2.36. The minimum atomic E-state index is -3.96. The van der Waals surface area contributed by atoms with Crippen molar-refractivity contribution >= 4 is 21.6 Å². The zero-order valence-electron chi connectivity index (χ0n) is 14.1. The number of halogens is 1. The number of hydrogen-bond donors (Lipinski definition) is 1. The van der Waals surface area contributed by atoms with Gasteiger partial charge in [-0.2, -0.15) is 0 Å². The molecule has 0 unspecified atom stereocenters. The third-order valence-electron chi connectivity index (χ3n) is 3.51. The van der Waals surface area contributed by atoms with Gasteiger partial charge in [-0.3, -0.25) is 9.52 Å². The fraction of sp³-hybridized carbons (Fsp3) is 0.105. The summed E-state index contributed by atoms with van der Waals surface area (Å²) in [5.74, 6) is -0.897. The van der Waals surface area contributed by atoms with Crippen LogP contribution in [0.15, 0.2) is 78.7 Å². The second kappa shape index (κ2) is 8.44. The van der Waals surface area contributed by atoms with Gasteiger partial charge >= 0.3 is 0 Å². The predicted octanol–water partition coefficient (Wildman–Crippen LogP) is 3.44. The summed E-state index contributed by atoms with van der Waals surface area (Å²) in [5.41, 5.74) is 0.335. The molecule has 0 saturated carbocycles. The lowest BCUT2D eigenvalue weighted by Gasteiger charge is -2.21. The molecule has 0 spiro atoms. The van der Waals surface area contributed by atoms with Gasteiger partial charge in [-0.05, 0) is 36.4 Å². The standard InChI is InChI=1S/C19H19FN2O3S/c1-3-13-22(14-4-2)19(23)17-7-5-6-8-18(17)21-26(24,25)16-11-9-15(20)10-12-16/h3-12,21H,1-2,13-14H2. The van der Waals surface area contributed by atoms with E-state index < -0.39 is 15.8 Å². The van der Waals surface area contributed by atoms with Gasteiger partial charge in [0.15, 0.2) is 0 Å². The van der Waals surface area contributed by atoms with Crippen LogP contribution in [0.25, 0.3) is 0 Å². The minimum Gasteiger partial charge on any atom is -0.331 e. The largest absolute Gasteiger partial charge is 0.331 e. The van der Waals surface area contributed by atoms with E-state index in [0.29, 0.717) is 13.1 Å². The molecule has 26 heavy (non-hydrogen) atoms. The fourth-order valence-corrected chi connectivity index (χ4v) is 3.38. The molecule has 0 fully saturated rings. The van der Waals surface area contributed by atoms with Crippen LogP contribution in [-0.4, -0.2) is 32.3 Å². The third kappa shape index (κ3) is 4.58. The highest BCUT2D eigenvalue weighted by atomic mass is 32.2. The van der Waals surface area contributed by atoms with Gasteiger partial charge in [-0.15, -0.1) is 13.2 Å². The number of benzene rings is 2. The van der Waals surface area contributed by atoms with Gasteiger partial charge in [0.25, 0.3) is 15.9 Å². The average molecular weight is 374 g/mol. The summed E-state index contributed by atoms with van der Waals surface area (Å²) in [6.07, 6.45) is 3.15. The maximum absolute atomic E-state index is 13.0. The van der Waals surface area contributed by atoms with Crippen molar-refractivity contribution in [2.24, 2.45) is 0 Å². The molecule has 2 aromatic rings. The van der Waals surface area contributed by atoms with E-state index in [1.807, 2.05) is 0 Å². The highest BCUT2D eigenvalue weighted by Gasteiger charge is 2.21. The van der Waals surface area contributed by atoms with Crippen molar-refractivity contribution in [2.45, 2.75) is 4.90 Å². The Morgan fingerprint density at radius 3 is 2.19 bits per heavy atom. The molecule has 1 N–H and O–H groups in total. The summed E-state index contributed by atoms with van der Waals surface area (Å²) in [5, 5.41) is 0. The van der Waals surface area contributed by atoms with Gasteiger partial charge in [0, 0.05) is 13.1 Å². The number of sulfonamides is 1. The van der Waals surface area contributed by atoms with Crippen molar-refractivity contribution in [3.63, 3.8) is 0 Å². The van der Waals surface area contributed by atoms with Crippen LogP contribution in [0.1, 0.15) is 10.4 Å². The summed E-state index contributed by atoms with van der Waals surface area (Å²) in [6.45, 7) is 7.83. The highest BCUT2D eigenvalue weighted by molar-refractivity contribution is 7.92. The van der Waals surface area contributed by atoms with Crippen LogP contribution in [-0.2, 0) is 10.0 Å². The van der Waals surface area contributed by atoms with Crippen molar-refractivity contribution in [3.05, 3.63) is 85.2 Å². The Kier molecular flexibility index (Phi) is 6.30. The fourth-order valence-electron chi connectivity index (χ4n) is 2.30. The SMILES string of the molecule is C=CCN(CC=C)C(=O)c1ccccc1NS(=O)(=O)c1ccc(F)cc1. The molecule has 0 atom stereocenters. The molecule has 0 saturated heterocycles. The normalized spacial score (nSPS) is 10.8. The average Bonchev–Trinajstić information content (AvgIpc) is 2.61. The first-order valence-corrected chi connectivity index (χ1v) is 9.26. The Morgan fingerprint density at radius 2 is 1.62 bits per heavy atom. The second-order valence-electron chi connectivity index (χ2n) is 5.39. The quantitative estimate of drug-likeness (QED) is 0.720. The first kappa shape index (κ1) is 19.4. The van der Waals surface area contributed by atoms with Crippen molar-refractivity contribution < 1.29 is 17.6 Å². The molecule has 1 amide bonds. The van der Waals surface area contributed by atoms with E-state index in [9.17, 15) is 17.6 Å². The summed E-state index contributed by atoms with van der Waals surface area (Å²) in [4.78, 5) is 14.1. The third-order valence-corrected chi connectivity index (χ3v) is 4.89. The van der Waals surface area contributed by atoms with Crippen molar-refractivity contribution in [1.29, 1.82) is 0 Å². The zero-order valence-corrected chi connectivity index (χ0v) is 14.9. The van der Waals surface area contributed by atoms with Crippen molar-refractivity contribution in [3.8, 4) is 0 Å². The number of nitrogens with one attached hydrogen (secondary N) is 1. The van der Waals surface area contributed by atoms with Crippen molar-refractivity contribution in [1.82, 2.24) is 4.90 Å². The summed E-state index contributed by atoms with van der Waals surface area (Å²) in [6, 6.07) is 10.7. The molecular formula is C19H19FN2O3S. The predicted molar refractivity (Wildman–Crippen MR) is 99.9 cm³/mol. The van der Waals surface area contributed by atoms with Crippen LogP contribution in [0, 0.1) is 5.82 Å². The van der Waals surface area contributed by atoms with Crippen LogP contribution in [0.2, 0.25) is 0 Å². The number of anilines is 1. The Bertz CT molecular complexity index is 899. The monoisotopic (exact) mass is 374 g/mol. The molecule has 0 radical (unpaired) electrons. The number of amides is 1. The Hall–Kier alpha value is -2.93. The van der Waals surface area contributed by atoms with Gasteiger partial charge in [0.1, 0.15) is 5.82 Å². The van der Waals surface area contributed by atoms with Gasteiger partial charge in [0.05, 0.1) is 16.1 Å². The molecule has 5 nitrogen and oxygen atoms in total. The molecule has 0 heterocycles. The molecule has 2 aromatic carbocycles. The van der Waals surface area contributed by atoms with Crippen LogP contribution >= 0.6 is 0 Å². The van der Waals surface area contributed by atoms with E-state index in [-0.39, 0.29) is 22.1 Å². The molecule has 136 valence electrons. The van der Waals surface area contributed by atoms with E-state index in [4.69, 9.17) is 0 Å². The summed E-state index contributed by atoms with van der Waals surface area (Å²) >= 11 is 0. The molecule has 0 aliphatic carbocycles. The molecule has 0 aromatic heterocycles. The lowest BCUT2D eigenvalue weighted by molar-refractivity contribution is 0.0792. The molecule has 0 aliphatic rings. The van der Waals surface area contributed by atoms with Crippen LogP contribution in [0.4, 0.5) is 10.1 Å². The maximum Gasteiger partial charge on any atom is 0.261 e. The van der Waals surface area contributed by atoms with Gasteiger partial charge in [-0.1, -0.05) is 24.3 Å². The Labute approximate surface area is 152 Å². The summed E-state index contributed by atoms with van der Waals surface area (Å²) in [7, 11) is -3.96. The van der Waals surface area contributed by atoms with E-state index >= 15 is 0 Å². The van der Waals surface area contributed by atoms with Gasteiger partial charge in [-0.25, -0.2) is 12.8 Å². The lowest BCUT2D eigenvalue weighted by Crippen LogP contribution is -2.32. The molecule has 0 aliphatic heterocycles. The smallest absolute Gasteiger partial charge is 0.261 e. The van der Waals surface area contributed by atoms with E-state index in [0.717, 1.165) is 24.3 Å². The van der Waals surface area contributed by atoms with Crippen molar-refractivity contribution in [2.75, 3.05) is 17.8 Å². The molecule has 2 rings (SSSR count). The number of hydrogen-bond acceptors (Lipinski definition) is 3. The molecule has 0 bridgehead atoms. The van der Waals surface area contributed by atoms with E-state index in [2.05, 4.69) is 17.9 Å². The van der Waals surface area contributed by atoms with Gasteiger partial charge in [0.2, 0.25) is 0 Å². The molecular weight excluding hydrogens is 355 g/mol. The minimum absolute atomic E-state index is 0.102. The maximum atomic E-state index is 13.0. The topological polar surface area (TPSA) is 66.5 Å². The highest BCUT2D eigenvalue weighted by Crippen LogP contribution is 2.22. The number of rotatable bonds is 8. The second-order valence-corrected chi connectivity index (χ2v) is 7.07. The summed E-state index contributed by atoms with van der Waals surface area (Å²) < 4.78 is 40.5. The first-order chi connectivity index (χ1) is 12.4. The molecule has 7 heteroatoms. The first-order valence-electron chi connectivity index (χ1n) is 7.77. The number of para-hydroxylation sites is 1. The number of nitrogens with zero attached hydrogens (tertiary/aromatic N) is 1. The van der Waals surface area contributed by atoms with E-state index in [1.54, 1.807) is 24.3 Å². The van der Waals surface area contributed by atoms with Gasteiger partial charge < -0.3 is 4.90 Å². The number of carbonyl (C=O) groups excluding carboxylic acids is 1. The number of carbonyl (C=O) groups is 1.